The maximum atomic E-state index is 12.2. The van der Waals surface area contributed by atoms with Crippen molar-refractivity contribution in [3.8, 4) is 0 Å². The first-order chi connectivity index (χ1) is 10.2. The van der Waals surface area contributed by atoms with Crippen LogP contribution in [0, 0.1) is 6.92 Å². The fraction of sp³-hybridized carbons (Fsp3) is 0.0714. The molecular weight excluding hydrogens is 270 g/mol. The first-order valence-electron chi connectivity index (χ1n) is 6.28. The molecule has 7 heteroatoms. The first kappa shape index (κ1) is 13.1. The monoisotopic (exact) mass is 283 g/mol. The third kappa shape index (κ3) is 2.54. The Morgan fingerprint density at radius 2 is 2.10 bits per heavy atom. The molecule has 0 fully saturated rings. The molecule has 0 spiro atoms. The van der Waals surface area contributed by atoms with Crippen molar-refractivity contribution in [1.82, 2.24) is 10.1 Å². The van der Waals surface area contributed by atoms with Gasteiger partial charge in [0.05, 0.1) is 11.2 Å². The maximum Gasteiger partial charge on any atom is 0.275 e. The molecule has 0 aliphatic rings. The first-order valence-corrected chi connectivity index (χ1v) is 6.28. The number of hydrogen-bond donors (Lipinski definition) is 3. The van der Waals surface area contributed by atoms with Crippen molar-refractivity contribution >= 4 is 28.3 Å². The van der Waals surface area contributed by atoms with Gasteiger partial charge in [-0.05, 0) is 19.1 Å². The summed E-state index contributed by atoms with van der Waals surface area (Å²) in [6.45, 7) is 1.74. The zero-order valence-electron chi connectivity index (χ0n) is 11.3. The molecule has 7 nitrogen and oxygen atoms in total. The second-order valence-corrected chi connectivity index (χ2v) is 4.49. The number of anilines is 2. The van der Waals surface area contributed by atoms with Crippen molar-refractivity contribution in [1.29, 1.82) is 0 Å². The lowest BCUT2D eigenvalue weighted by atomic mass is 10.1. The molecular formula is C14H13N5O2. The minimum atomic E-state index is -0.384. The number of aromatic nitrogens is 2. The summed E-state index contributed by atoms with van der Waals surface area (Å²) in [5.41, 5.74) is 4.12. The van der Waals surface area contributed by atoms with E-state index in [0.717, 1.165) is 5.39 Å². The highest BCUT2D eigenvalue weighted by atomic mass is 16.5. The molecule has 4 N–H and O–H groups in total. The summed E-state index contributed by atoms with van der Waals surface area (Å²) in [5.74, 6) is 6.07. The molecule has 106 valence electrons. The molecule has 0 radical (unpaired) electrons. The van der Waals surface area contributed by atoms with Crippen LogP contribution >= 0.6 is 0 Å². The van der Waals surface area contributed by atoms with Gasteiger partial charge in [-0.2, -0.15) is 0 Å². The number of para-hydroxylation sites is 1. The van der Waals surface area contributed by atoms with Crippen molar-refractivity contribution in [2.75, 3.05) is 10.7 Å². The number of amides is 1. The third-order valence-corrected chi connectivity index (χ3v) is 2.97. The van der Waals surface area contributed by atoms with E-state index >= 15 is 0 Å². The largest absolute Gasteiger partial charge is 0.360 e. The van der Waals surface area contributed by atoms with Gasteiger partial charge in [0, 0.05) is 11.5 Å². The van der Waals surface area contributed by atoms with Crippen molar-refractivity contribution < 1.29 is 9.32 Å². The Labute approximate surface area is 120 Å². The molecule has 3 rings (SSSR count). The molecule has 3 aromatic rings. The SMILES string of the molecule is Cc1cc(NC(=O)c2cc(NN)c3ccccc3n2)no1. The Kier molecular flexibility index (Phi) is 3.25. The van der Waals surface area contributed by atoms with E-state index < -0.39 is 0 Å². The molecule has 0 aliphatic carbocycles. The van der Waals surface area contributed by atoms with E-state index in [2.05, 4.69) is 20.9 Å². The lowest BCUT2D eigenvalue weighted by Crippen LogP contribution is -2.16. The number of rotatable bonds is 3. The number of hydrogen-bond acceptors (Lipinski definition) is 6. The third-order valence-electron chi connectivity index (χ3n) is 2.97. The average molecular weight is 283 g/mol. The highest BCUT2D eigenvalue weighted by Gasteiger charge is 2.13. The van der Waals surface area contributed by atoms with Crippen LogP contribution in [0.4, 0.5) is 11.5 Å². The predicted molar refractivity (Wildman–Crippen MR) is 78.7 cm³/mol. The molecule has 0 atom stereocenters. The van der Waals surface area contributed by atoms with Crippen molar-refractivity contribution in [2.24, 2.45) is 5.84 Å². The zero-order valence-corrected chi connectivity index (χ0v) is 11.3. The van der Waals surface area contributed by atoms with Crippen LogP contribution < -0.4 is 16.6 Å². The number of pyridine rings is 1. The van der Waals surface area contributed by atoms with E-state index in [-0.39, 0.29) is 11.6 Å². The highest BCUT2D eigenvalue weighted by Crippen LogP contribution is 2.22. The van der Waals surface area contributed by atoms with Crippen molar-refractivity contribution in [2.45, 2.75) is 6.92 Å². The molecule has 0 saturated heterocycles. The second-order valence-electron chi connectivity index (χ2n) is 4.49. The Morgan fingerprint density at radius 1 is 1.29 bits per heavy atom. The number of nitrogens with zero attached hydrogens (tertiary/aromatic N) is 2. The minimum absolute atomic E-state index is 0.238. The predicted octanol–water partition coefficient (Wildman–Crippen LogP) is 2.07. The number of carbonyl (C=O) groups excluding carboxylic acids is 1. The summed E-state index contributed by atoms with van der Waals surface area (Å²) in [6, 6.07) is 10.6. The molecule has 0 aliphatic heterocycles. The van der Waals surface area contributed by atoms with Crippen LogP contribution in [0.15, 0.2) is 40.9 Å². The Morgan fingerprint density at radius 3 is 2.81 bits per heavy atom. The number of aryl methyl sites for hydroxylation is 1. The second kappa shape index (κ2) is 5.22. The fourth-order valence-electron chi connectivity index (χ4n) is 2.02. The molecule has 0 saturated carbocycles. The van der Waals surface area contributed by atoms with Gasteiger partial charge in [-0.1, -0.05) is 23.4 Å². The van der Waals surface area contributed by atoms with Crippen LogP contribution in [-0.2, 0) is 0 Å². The van der Waals surface area contributed by atoms with Gasteiger partial charge in [0.1, 0.15) is 11.5 Å². The quantitative estimate of drug-likeness (QED) is 0.502. The number of carbonyl (C=O) groups is 1. The zero-order chi connectivity index (χ0) is 14.8. The van der Waals surface area contributed by atoms with Gasteiger partial charge < -0.3 is 15.3 Å². The van der Waals surface area contributed by atoms with Crippen LogP contribution in [0.3, 0.4) is 0 Å². The minimum Gasteiger partial charge on any atom is -0.360 e. The lowest BCUT2D eigenvalue weighted by molar-refractivity contribution is 0.102. The van der Waals surface area contributed by atoms with Gasteiger partial charge in [-0.25, -0.2) is 4.98 Å². The number of nitrogens with one attached hydrogen (secondary N) is 2. The van der Waals surface area contributed by atoms with E-state index in [1.54, 1.807) is 19.1 Å². The van der Waals surface area contributed by atoms with Gasteiger partial charge in [-0.15, -0.1) is 0 Å². The maximum absolute atomic E-state index is 12.2. The Balaban J connectivity index is 1.98. The number of hydrazine groups is 1. The Hall–Kier alpha value is -2.93. The fourth-order valence-corrected chi connectivity index (χ4v) is 2.02. The van der Waals surface area contributed by atoms with E-state index in [4.69, 9.17) is 10.4 Å². The van der Waals surface area contributed by atoms with Crippen molar-refractivity contribution in [3.05, 3.63) is 47.9 Å². The number of nitrogens with two attached hydrogens (primary N) is 1. The Bertz CT molecular complexity index is 812. The van der Waals surface area contributed by atoms with E-state index in [1.807, 2.05) is 24.3 Å². The average Bonchev–Trinajstić information content (AvgIpc) is 2.91. The lowest BCUT2D eigenvalue weighted by Gasteiger charge is -2.08. The number of fused-ring (bicyclic) bond motifs is 1. The topological polar surface area (TPSA) is 106 Å². The van der Waals surface area contributed by atoms with E-state index in [9.17, 15) is 4.79 Å². The summed E-state index contributed by atoms with van der Waals surface area (Å²) >= 11 is 0. The van der Waals surface area contributed by atoms with Crippen LogP contribution in [0.5, 0.6) is 0 Å². The van der Waals surface area contributed by atoms with Gasteiger partial charge >= 0.3 is 0 Å². The van der Waals surface area contributed by atoms with Gasteiger partial charge in [0.2, 0.25) is 0 Å². The molecule has 2 heterocycles. The summed E-state index contributed by atoms with van der Waals surface area (Å²) in [4.78, 5) is 16.5. The molecule has 1 aromatic carbocycles. The number of nitrogen functional groups attached to an aromatic ring is 1. The van der Waals surface area contributed by atoms with Gasteiger partial charge in [0.15, 0.2) is 5.82 Å². The highest BCUT2D eigenvalue weighted by molar-refractivity contribution is 6.05. The van der Waals surface area contributed by atoms with Gasteiger partial charge in [-0.3, -0.25) is 10.6 Å². The molecule has 0 unspecified atom stereocenters. The smallest absolute Gasteiger partial charge is 0.275 e. The molecule has 0 bridgehead atoms. The van der Waals surface area contributed by atoms with Gasteiger partial charge in [0.25, 0.3) is 5.91 Å². The van der Waals surface area contributed by atoms with Crippen LogP contribution in [0.1, 0.15) is 16.2 Å². The van der Waals surface area contributed by atoms with Crippen molar-refractivity contribution in [3.63, 3.8) is 0 Å². The standard InChI is InChI=1S/C14H13N5O2/c1-8-6-13(19-21-8)17-14(20)12-7-11(18-15)9-4-2-3-5-10(9)16-12/h2-7H,15H2,1H3,(H,16,18)(H,17,19,20). The summed E-state index contributed by atoms with van der Waals surface area (Å²) < 4.78 is 4.90. The molecule has 2 aromatic heterocycles. The van der Waals surface area contributed by atoms with E-state index in [0.29, 0.717) is 22.8 Å². The summed E-state index contributed by atoms with van der Waals surface area (Å²) in [7, 11) is 0. The normalized spacial score (nSPS) is 10.6. The van der Waals surface area contributed by atoms with Crippen LogP contribution in [0.2, 0.25) is 0 Å². The summed E-state index contributed by atoms with van der Waals surface area (Å²) in [5, 5.41) is 7.17. The van der Waals surface area contributed by atoms with E-state index in [1.165, 1.54) is 0 Å². The van der Waals surface area contributed by atoms with Crippen LogP contribution in [-0.4, -0.2) is 16.0 Å². The molecule has 1 amide bonds. The van der Waals surface area contributed by atoms with Crippen LogP contribution in [0.25, 0.3) is 10.9 Å². The molecule has 21 heavy (non-hydrogen) atoms. The summed E-state index contributed by atoms with van der Waals surface area (Å²) in [6.07, 6.45) is 0. The number of benzene rings is 1.